The minimum absolute atomic E-state index is 0.127. The topological polar surface area (TPSA) is 59.8 Å². The Morgan fingerprint density at radius 3 is 2.67 bits per heavy atom. The predicted molar refractivity (Wildman–Crippen MR) is 110 cm³/mol. The van der Waals surface area contributed by atoms with Crippen molar-refractivity contribution in [3.63, 3.8) is 0 Å². The van der Waals surface area contributed by atoms with Gasteiger partial charge in [0.1, 0.15) is 0 Å². The van der Waals surface area contributed by atoms with Crippen LogP contribution in [-0.4, -0.2) is 20.7 Å². The lowest BCUT2D eigenvalue weighted by molar-refractivity contribution is 0.103. The number of thiophene rings is 1. The molecule has 5 nitrogen and oxygen atoms in total. The molecule has 3 heterocycles. The lowest BCUT2D eigenvalue weighted by atomic mass is 10.0. The van der Waals surface area contributed by atoms with E-state index < -0.39 is 0 Å². The summed E-state index contributed by atoms with van der Waals surface area (Å²) >= 11 is 1.44. The van der Waals surface area contributed by atoms with Crippen LogP contribution < -0.4 is 5.32 Å². The molecule has 0 saturated heterocycles. The summed E-state index contributed by atoms with van der Waals surface area (Å²) in [5.41, 5.74) is 4.66. The lowest BCUT2D eigenvalue weighted by Crippen LogP contribution is -2.11. The SMILES string of the molecule is Cc1ccc(-c2ccsc2C(=O)Nc2cnc3c(cnn3C(C)C)c2)cc1. The Morgan fingerprint density at radius 1 is 1.15 bits per heavy atom. The van der Waals surface area contributed by atoms with Crippen LogP contribution in [0.2, 0.25) is 0 Å². The van der Waals surface area contributed by atoms with Gasteiger partial charge in [-0.15, -0.1) is 11.3 Å². The molecule has 0 unspecified atom stereocenters. The van der Waals surface area contributed by atoms with Gasteiger partial charge in [-0.2, -0.15) is 5.10 Å². The van der Waals surface area contributed by atoms with Crippen molar-refractivity contribution in [2.45, 2.75) is 26.8 Å². The number of benzene rings is 1. The van der Waals surface area contributed by atoms with Gasteiger partial charge in [-0.1, -0.05) is 29.8 Å². The largest absolute Gasteiger partial charge is 0.320 e. The van der Waals surface area contributed by atoms with Crippen LogP contribution in [0, 0.1) is 6.92 Å². The van der Waals surface area contributed by atoms with Gasteiger partial charge in [0.2, 0.25) is 0 Å². The summed E-state index contributed by atoms with van der Waals surface area (Å²) in [6.07, 6.45) is 3.46. The third kappa shape index (κ3) is 3.36. The number of hydrogen-bond donors (Lipinski definition) is 1. The Balaban J connectivity index is 1.61. The standard InChI is InChI=1S/C21H20N4OS/c1-13(2)25-20-16(11-23-25)10-17(12-22-20)24-21(26)19-18(8-9-27-19)15-6-4-14(3)5-7-15/h4-13H,1-3H3,(H,24,26). The zero-order valence-electron chi connectivity index (χ0n) is 15.4. The number of anilines is 1. The fourth-order valence-electron chi connectivity index (χ4n) is 3.02. The number of carbonyl (C=O) groups excluding carboxylic acids is 1. The summed E-state index contributed by atoms with van der Waals surface area (Å²) < 4.78 is 1.87. The van der Waals surface area contributed by atoms with E-state index in [0.29, 0.717) is 10.6 Å². The first kappa shape index (κ1) is 17.4. The summed E-state index contributed by atoms with van der Waals surface area (Å²) in [5.74, 6) is -0.127. The average Bonchev–Trinajstić information content (AvgIpc) is 3.29. The fourth-order valence-corrected chi connectivity index (χ4v) is 3.83. The van der Waals surface area contributed by atoms with Gasteiger partial charge in [0.05, 0.1) is 23.0 Å². The number of amides is 1. The highest BCUT2D eigenvalue weighted by molar-refractivity contribution is 7.12. The molecule has 0 atom stereocenters. The molecule has 4 aromatic rings. The van der Waals surface area contributed by atoms with Crippen molar-refractivity contribution < 1.29 is 4.79 Å². The summed E-state index contributed by atoms with van der Waals surface area (Å²) in [6, 6.07) is 12.3. The number of carbonyl (C=O) groups is 1. The van der Waals surface area contributed by atoms with Gasteiger partial charge in [-0.25, -0.2) is 9.67 Å². The van der Waals surface area contributed by atoms with E-state index in [1.165, 1.54) is 16.9 Å². The Labute approximate surface area is 161 Å². The number of hydrogen-bond acceptors (Lipinski definition) is 4. The van der Waals surface area contributed by atoms with Crippen molar-refractivity contribution in [1.82, 2.24) is 14.8 Å². The van der Waals surface area contributed by atoms with Gasteiger partial charge in [-0.05, 0) is 43.8 Å². The second-order valence-corrected chi connectivity index (χ2v) is 7.72. The number of aromatic nitrogens is 3. The summed E-state index contributed by atoms with van der Waals surface area (Å²) in [6.45, 7) is 6.18. The van der Waals surface area contributed by atoms with Gasteiger partial charge >= 0.3 is 0 Å². The molecule has 3 aromatic heterocycles. The molecular formula is C21H20N4OS. The van der Waals surface area contributed by atoms with Crippen LogP contribution in [0.5, 0.6) is 0 Å². The van der Waals surface area contributed by atoms with E-state index >= 15 is 0 Å². The molecule has 1 amide bonds. The van der Waals surface area contributed by atoms with E-state index in [0.717, 1.165) is 22.2 Å². The maximum absolute atomic E-state index is 12.8. The summed E-state index contributed by atoms with van der Waals surface area (Å²) in [4.78, 5) is 18.0. The number of rotatable bonds is 4. The molecule has 1 N–H and O–H groups in total. The lowest BCUT2D eigenvalue weighted by Gasteiger charge is -2.08. The van der Waals surface area contributed by atoms with Crippen molar-refractivity contribution in [2.24, 2.45) is 0 Å². The zero-order chi connectivity index (χ0) is 19.0. The molecular weight excluding hydrogens is 356 g/mol. The number of fused-ring (bicyclic) bond motifs is 1. The van der Waals surface area contributed by atoms with E-state index in [1.54, 1.807) is 12.4 Å². The average molecular weight is 376 g/mol. The maximum atomic E-state index is 12.8. The highest BCUT2D eigenvalue weighted by Crippen LogP contribution is 2.29. The number of nitrogens with zero attached hydrogens (tertiary/aromatic N) is 3. The Morgan fingerprint density at radius 2 is 1.93 bits per heavy atom. The molecule has 136 valence electrons. The third-order valence-corrected chi connectivity index (χ3v) is 5.33. The van der Waals surface area contributed by atoms with Crippen molar-refractivity contribution in [3.05, 3.63) is 64.6 Å². The van der Waals surface area contributed by atoms with Crippen molar-refractivity contribution in [3.8, 4) is 11.1 Å². The van der Waals surface area contributed by atoms with E-state index in [2.05, 4.69) is 48.3 Å². The molecule has 0 aliphatic carbocycles. The van der Waals surface area contributed by atoms with Gasteiger partial charge in [-0.3, -0.25) is 4.79 Å². The van der Waals surface area contributed by atoms with E-state index in [1.807, 2.05) is 34.3 Å². The van der Waals surface area contributed by atoms with Crippen LogP contribution in [0.15, 0.2) is 54.2 Å². The normalized spacial score (nSPS) is 11.3. The summed E-state index contributed by atoms with van der Waals surface area (Å²) in [7, 11) is 0. The van der Waals surface area contributed by atoms with Crippen LogP contribution in [0.25, 0.3) is 22.2 Å². The van der Waals surface area contributed by atoms with E-state index in [9.17, 15) is 4.79 Å². The molecule has 0 saturated carbocycles. The van der Waals surface area contributed by atoms with Crippen molar-refractivity contribution in [2.75, 3.05) is 5.32 Å². The number of pyridine rings is 1. The van der Waals surface area contributed by atoms with Gasteiger partial charge < -0.3 is 5.32 Å². The molecule has 0 aliphatic rings. The van der Waals surface area contributed by atoms with Crippen molar-refractivity contribution in [1.29, 1.82) is 0 Å². The first-order valence-corrected chi connectivity index (χ1v) is 9.70. The Bertz CT molecular complexity index is 1110. The van der Waals surface area contributed by atoms with Gasteiger partial charge in [0, 0.05) is 17.0 Å². The van der Waals surface area contributed by atoms with Crippen LogP contribution in [-0.2, 0) is 0 Å². The maximum Gasteiger partial charge on any atom is 0.266 e. The van der Waals surface area contributed by atoms with Gasteiger partial charge in [0.25, 0.3) is 5.91 Å². The first-order valence-electron chi connectivity index (χ1n) is 8.82. The molecule has 4 rings (SSSR count). The molecule has 6 heteroatoms. The second kappa shape index (κ2) is 6.96. The molecule has 0 radical (unpaired) electrons. The minimum Gasteiger partial charge on any atom is -0.320 e. The molecule has 0 spiro atoms. The smallest absolute Gasteiger partial charge is 0.266 e. The minimum atomic E-state index is -0.127. The quantitative estimate of drug-likeness (QED) is 0.526. The molecule has 0 fully saturated rings. The first-order chi connectivity index (χ1) is 13.0. The fraction of sp³-hybridized carbons (Fsp3) is 0.190. The molecule has 1 aromatic carbocycles. The molecule has 0 bridgehead atoms. The zero-order valence-corrected chi connectivity index (χ0v) is 16.2. The van der Waals surface area contributed by atoms with E-state index in [4.69, 9.17) is 0 Å². The number of nitrogens with one attached hydrogen (secondary N) is 1. The van der Waals surface area contributed by atoms with E-state index in [-0.39, 0.29) is 11.9 Å². The molecule has 27 heavy (non-hydrogen) atoms. The third-order valence-electron chi connectivity index (χ3n) is 4.41. The monoisotopic (exact) mass is 376 g/mol. The Hall–Kier alpha value is -2.99. The van der Waals surface area contributed by atoms with Gasteiger partial charge in [0.15, 0.2) is 5.65 Å². The van der Waals surface area contributed by atoms with Crippen LogP contribution in [0.1, 0.15) is 35.1 Å². The van der Waals surface area contributed by atoms with Crippen LogP contribution >= 0.6 is 11.3 Å². The highest BCUT2D eigenvalue weighted by atomic mass is 32.1. The Kier molecular flexibility index (Phi) is 4.49. The second-order valence-electron chi connectivity index (χ2n) is 6.80. The van der Waals surface area contributed by atoms with Crippen molar-refractivity contribution >= 4 is 34.0 Å². The highest BCUT2D eigenvalue weighted by Gasteiger charge is 2.16. The van der Waals surface area contributed by atoms with Crippen LogP contribution in [0.4, 0.5) is 5.69 Å². The summed E-state index contributed by atoms with van der Waals surface area (Å²) in [5, 5.41) is 10.2. The molecule has 0 aliphatic heterocycles. The van der Waals surface area contributed by atoms with Crippen LogP contribution in [0.3, 0.4) is 0 Å². The predicted octanol–water partition coefficient (Wildman–Crippen LogP) is 5.30. The number of aryl methyl sites for hydroxylation is 1.